The molecule has 0 unspecified atom stereocenters. The Bertz CT molecular complexity index is 652. The lowest BCUT2D eigenvalue weighted by Gasteiger charge is -2.10. The maximum absolute atomic E-state index is 13.3. The van der Waals surface area contributed by atoms with E-state index in [2.05, 4.69) is 0 Å². The average molecular weight is 296 g/mol. The molecule has 2 aromatic carbocycles. The number of halogens is 3. The summed E-state index contributed by atoms with van der Waals surface area (Å²) < 4.78 is 18.7. The lowest BCUT2D eigenvalue weighted by atomic mass is 10.2. The van der Waals surface area contributed by atoms with Gasteiger partial charge in [0.25, 0.3) is 0 Å². The second-order valence-corrected chi connectivity index (χ2v) is 4.51. The maximum Gasteiger partial charge on any atom is 0.142 e. The van der Waals surface area contributed by atoms with E-state index in [4.69, 9.17) is 33.2 Å². The second kappa shape index (κ2) is 5.92. The van der Waals surface area contributed by atoms with E-state index in [9.17, 15) is 4.39 Å². The van der Waals surface area contributed by atoms with Crippen LogP contribution >= 0.6 is 23.2 Å². The largest absolute Gasteiger partial charge is 0.487 e. The van der Waals surface area contributed by atoms with Gasteiger partial charge in [-0.25, -0.2) is 4.39 Å². The van der Waals surface area contributed by atoms with Crippen molar-refractivity contribution in [1.29, 1.82) is 5.26 Å². The molecule has 0 atom stereocenters. The zero-order valence-corrected chi connectivity index (χ0v) is 11.2. The predicted molar refractivity (Wildman–Crippen MR) is 71.9 cm³/mol. The Balaban J connectivity index is 2.22. The molecule has 2 nitrogen and oxygen atoms in total. The molecule has 2 aromatic rings. The van der Waals surface area contributed by atoms with Crippen LogP contribution in [0.15, 0.2) is 36.4 Å². The Morgan fingerprint density at radius 1 is 1.16 bits per heavy atom. The van der Waals surface area contributed by atoms with Gasteiger partial charge in [0.2, 0.25) is 0 Å². The van der Waals surface area contributed by atoms with Crippen molar-refractivity contribution >= 4 is 23.2 Å². The minimum absolute atomic E-state index is 0.0167. The van der Waals surface area contributed by atoms with Crippen LogP contribution in [0, 0.1) is 17.1 Å². The molecule has 0 amide bonds. The highest BCUT2D eigenvalue weighted by atomic mass is 35.5. The van der Waals surface area contributed by atoms with Gasteiger partial charge in [-0.05, 0) is 18.2 Å². The lowest BCUT2D eigenvalue weighted by Crippen LogP contribution is -1.99. The summed E-state index contributed by atoms with van der Waals surface area (Å²) in [5.74, 6) is -0.162. The normalized spacial score (nSPS) is 10.0. The van der Waals surface area contributed by atoms with Crippen LogP contribution in [0.1, 0.15) is 11.1 Å². The van der Waals surface area contributed by atoms with Crippen molar-refractivity contribution in [3.8, 4) is 11.8 Å². The highest BCUT2D eigenvalue weighted by Crippen LogP contribution is 2.27. The molecule has 0 fully saturated rings. The summed E-state index contributed by atoms with van der Waals surface area (Å²) in [6, 6.07) is 11.3. The third-order valence-corrected chi connectivity index (χ3v) is 3.24. The molecule has 0 saturated heterocycles. The van der Waals surface area contributed by atoms with Gasteiger partial charge in [-0.15, -0.1) is 0 Å². The van der Waals surface area contributed by atoms with Gasteiger partial charge in [-0.3, -0.25) is 0 Å². The monoisotopic (exact) mass is 295 g/mol. The van der Waals surface area contributed by atoms with Gasteiger partial charge < -0.3 is 4.74 Å². The number of rotatable bonds is 3. The number of nitriles is 1. The highest BCUT2D eigenvalue weighted by Gasteiger charge is 2.10. The Morgan fingerprint density at radius 3 is 2.63 bits per heavy atom. The minimum atomic E-state index is -0.505. The molecule has 0 aliphatic heterocycles. The number of hydrogen-bond donors (Lipinski definition) is 0. The van der Waals surface area contributed by atoms with Crippen molar-refractivity contribution in [3.63, 3.8) is 0 Å². The summed E-state index contributed by atoms with van der Waals surface area (Å²) in [5.41, 5.74) is 0.752. The first-order valence-electron chi connectivity index (χ1n) is 5.37. The molecule has 2 rings (SSSR count). The zero-order chi connectivity index (χ0) is 13.8. The third kappa shape index (κ3) is 2.98. The molecule has 0 saturated carbocycles. The number of ether oxygens (including phenoxy) is 1. The lowest BCUT2D eigenvalue weighted by molar-refractivity contribution is 0.305. The quantitative estimate of drug-likeness (QED) is 0.830. The summed E-state index contributed by atoms with van der Waals surface area (Å²) in [4.78, 5) is 0. The van der Waals surface area contributed by atoms with Crippen LogP contribution in [-0.2, 0) is 6.61 Å². The van der Waals surface area contributed by atoms with Crippen molar-refractivity contribution in [2.45, 2.75) is 6.61 Å². The van der Waals surface area contributed by atoms with Crippen molar-refractivity contribution in [2.75, 3.05) is 0 Å². The average Bonchev–Trinajstić information content (AvgIpc) is 2.40. The van der Waals surface area contributed by atoms with E-state index in [0.29, 0.717) is 16.3 Å². The fourth-order valence-electron chi connectivity index (χ4n) is 1.55. The molecule has 19 heavy (non-hydrogen) atoms. The second-order valence-electron chi connectivity index (χ2n) is 3.73. The summed E-state index contributed by atoms with van der Waals surface area (Å²) in [5, 5.41) is 9.32. The van der Waals surface area contributed by atoms with Gasteiger partial charge >= 0.3 is 0 Å². The van der Waals surface area contributed by atoms with E-state index in [0.717, 1.165) is 0 Å². The minimum Gasteiger partial charge on any atom is -0.487 e. The topological polar surface area (TPSA) is 33.0 Å². The Labute approximate surface area is 119 Å². The molecule has 0 radical (unpaired) electrons. The predicted octanol–water partition coefficient (Wildman–Crippen LogP) is 4.58. The number of benzene rings is 2. The highest BCUT2D eigenvalue weighted by molar-refractivity contribution is 6.32. The first-order valence-corrected chi connectivity index (χ1v) is 6.13. The van der Waals surface area contributed by atoms with E-state index in [1.54, 1.807) is 30.3 Å². The molecule has 0 aliphatic rings. The van der Waals surface area contributed by atoms with E-state index < -0.39 is 5.82 Å². The summed E-state index contributed by atoms with van der Waals surface area (Å²) in [6.07, 6.45) is 0. The van der Waals surface area contributed by atoms with E-state index in [-0.39, 0.29) is 17.2 Å². The van der Waals surface area contributed by atoms with Crippen LogP contribution in [0.4, 0.5) is 4.39 Å². The van der Waals surface area contributed by atoms with Gasteiger partial charge in [-0.1, -0.05) is 41.4 Å². The van der Waals surface area contributed by atoms with Crippen LogP contribution in [0.25, 0.3) is 0 Å². The summed E-state index contributed by atoms with van der Waals surface area (Å²) >= 11 is 11.7. The van der Waals surface area contributed by atoms with Crippen molar-refractivity contribution in [1.82, 2.24) is 0 Å². The molecule has 96 valence electrons. The standard InChI is InChI=1S/C14H8Cl2FNO/c15-11-4-2-6-13(10(11)7-18)19-8-9-3-1-5-12(17)14(9)16/h1-6H,8H2. The molecule has 0 aliphatic carbocycles. The first-order chi connectivity index (χ1) is 9.13. The SMILES string of the molecule is N#Cc1c(Cl)cccc1OCc1cccc(F)c1Cl. The molecule has 5 heteroatoms. The van der Waals surface area contributed by atoms with E-state index >= 15 is 0 Å². The Kier molecular flexibility index (Phi) is 4.26. The van der Waals surface area contributed by atoms with Crippen molar-refractivity contribution in [3.05, 3.63) is 63.4 Å². The molecular weight excluding hydrogens is 288 g/mol. The molecule has 0 aromatic heterocycles. The van der Waals surface area contributed by atoms with Crippen LogP contribution in [0.3, 0.4) is 0 Å². The Morgan fingerprint density at radius 2 is 1.89 bits per heavy atom. The maximum atomic E-state index is 13.3. The molecule has 0 bridgehead atoms. The number of hydrogen-bond acceptors (Lipinski definition) is 2. The molecular formula is C14H8Cl2FNO. The smallest absolute Gasteiger partial charge is 0.142 e. The van der Waals surface area contributed by atoms with Gasteiger partial charge in [-0.2, -0.15) is 5.26 Å². The van der Waals surface area contributed by atoms with Crippen molar-refractivity contribution in [2.24, 2.45) is 0 Å². The van der Waals surface area contributed by atoms with Crippen LogP contribution in [-0.4, -0.2) is 0 Å². The van der Waals surface area contributed by atoms with E-state index in [1.165, 1.54) is 6.07 Å². The van der Waals surface area contributed by atoms with E-state index in [1.807, 2.05) is 6.07 Å². The molecule has 0 spiro atoms. The zero-order valence-electron chi connectivity index (χ0n) is 9.66. The third-order valence-electron chi connectivity index (χ3n) is 2.50. The molecule has 0 N–H and O–H groups in total. The first kappa shape index (κ1) is 13.7. The van der Waals surface area contributed by atoms with Gasteiger partial charge in [0, 0.05) is 5.56 Å². The fraction of sp³-hybridized carbons (Fsp3) is 0.0714. The van der Waals surface area contributed by atoms with Crippen LogP contribution in [0.5, 0.6) is 5.75 Å². The summed E-state index contributed by atoms with van der Waals surface area (Å²) in [6.45, 7) is 0.0611. The Hall–Kier alpha value is -1.76. The van der Waals surface area contributed by atoms with Crippen LogP contribution in [0.2, 0.25) is 10.0 Å². The van der Waals surface area contributed by atoms with Crippen molar-refractivity contribution < 1.29 is 9.13 Å². The van der Waals surface area contributed by atoms with Gasteiger partial charge in [0.05, 0.1) is 10.0 Å². The van der Waals surface area contributed by atoms with Gasteiger partial charge in [0.1, 0.15) is 29.8 Å². The van der Waals surface area contributed by atoms with Crippen LogP contribution < -0.4 is 4.74 Å². The molecule has 0 heterocycles. The number of nitrogens with zero attached hydrogens (tertiary/aromatic N) is 1. The van der Waals surface area contributed by atoms with Gasteiger partial charge in [0.15, 0.2) is 0 Å². The fourth-order valence-corrected chi connectivity index (χ4v) is 1.94. The summed E-state index contributed by atoms with van der Waals surface area (Å²) in [7, 11) is 0.